The molecule has 3 nitrogen and oxygen atoms in total. The zero-order valence-corrected chi connectivity index (χ0v) is 45.2. The summed E-state index contributed by atoms with van der Waals surface area (Å²) >= 11 is 0. The summed E-state index contributed by atoms with van der Waals surface area (Å²) in [6.07, 6.45) is 1.08. The average molecular weight is 962 g/mol. The lowest BCUT2D eigenvalue weighted by Gasteiger charge is -2.46. The first-order valence-electron chi connectivity index (χ1n) is 26.8. The minimum Gasteiger partial charge on any atom is -0.311 e. The summed E-state index contributed by atoms with van der Waals surface area (Å²) in [6.45, 7) is 26.2. The fraction of sp³-hybridized carbons (Fsp3) is 0.229. The Morgan fingerprint density at radius 2 is 0.905 bits per heavy atom. The number of aryl methyl sites for hydroxylation is 1. The van der Waals surface area contributed by atoms with Crippen molar-refractivity contribution in [2.45, 2.75) is 104 Å². The number of para-hydroxylation sites is 2. The Morgan fingerprint density at radius 3 is 1.47 bits per heavy atom. The minimum atomic E-state index is -0.164. The van der Waals surface area contributed by atoms with Gasteiger partial charge in [0, 0.05) is 51.1 Å². The van der Waals surface area contributed by atoms with Crippen molar-refractivity contribution in [1.82, 2.24) is 0 Å². The van der Waals surface area contributed by atoms with Crippen LogP contribution in [0.4, 0.5) is 51.2 Å². The summed E-state index contributed by atoms with van der Waals surface area (Å²) in [5, 5.41) is 0. The van der Waals surface area contributed by atoms with E-state index in [9.17, 15) is 0 Å². The number of benzene rings is 9. The summed E-state index contributed by atoms with van der Waals surface area (Å²) in [7, 11) is 0. The molecular formula is C70H68BN3. The van der Waals surface area contributed by atoms with E-state index in [0.717, 1.165) is 23.5 Å². The van der Waals surface area contributed by atoms with Gasteiger partial charge in [-0.2, -0.15) is 0 Å². The molecule has 2 heterocycles. The van der Waals surface area contributed by atoms with Crippen LogP contribution in [-0.4, -0.2) is 6.71 Å². The van der Waals surface area contributed by atoms with E-state index in [-0.39, 0.29) is 28.4 Å². The van der Waals surface area contributed by atoms with Gasteiger partial charge in [0.05, 0.1) is 5.69 Å². The lowest BCUT2D eigenvalue weighted by Crippen LogP contribution is -2.61. The molecule has 366 valence electrons. The van der Waals surface area contributed by atoms with Crippen LogP contribution in [0.25, 0.3) is 22.3 Å². The zero-order valence-electron chi connectivity index (χ0n) is 45.2. The molecule has 9 aromatic rings. The van der Waals surface area contributed by atoms with Crippen molar-refractivity contribution in [3.05, 3.63) is 228 Å². The van der Waals surface area contributed by atoms with Crippen LogP contribution in [0.15, 0.2) is 200 Å². The van der Waals surface area contributed by atoms with Crippen LogP contribution < -0.4 is 31.1 Å². The highest BCUT2D eigenvalue weighted by Gasteiger charge is 2.49. The maximum atomic E-state index is 2.69. The molecule has 0 radical (unpaired) electrons. The van der Waals surface area contributed by atoms with E-state index >= 15 is 0 Å². The third-order valence-electron chi connectivity index (χ3n) is 16.4. The predicted octanol–water partition coefficient (Wildman–Crippen LogP) is 17.4. The zero-order chi connectivity index (χ0) is 51.5. The van der Waals surface area contributed by atoms with Crippen LogP contribution in [0.2, 0.25) is 0 Å². The molecule has 0 unspecified atom stereocenters. The maximum Gasteiger partial charge on any atom is 0.252 e. The second-order valence-corrected chi connectivity index (χ2v) is 24.6. The van der Waals surface area contributed by atoms with Gasteiger partial charge in [0.15, 0.2) is 0 Å². The molecule has 0 atom stereocenters. The molecule has 4 heteroatoms. The van der Waals surface area contributed by atoms with Gasteiger partial charge in [-0.05, 0) is 181 Å². The Morgan fingerprint density at radius 1 is 0.405 bits per heavy atom. The van der Waals surface area contributed by atoms with Gasteiger partial charge in [0.1, 0.15) is 0 Å². The highest BCUT2D eigenvalue weighted by molar-refractivity contribution is 7.00. The number of hydrogen-bond donors (Lipinski definition) is 0. The fourth-order valence-corrected chi connectivity index (χ4v) is 12.9. The van der Waals surface area contributed by atoms with Crippen molar-refractivity contribution in [3.63, 3.8) is 0 Å². The van der Waals surface area contributed by atoms with E-state index in [4.69, 9.17) is 0 Å². The Kier molecular flexibility index (Phi) is 11.1. The van der Waals surface area contributed by atoms with E-state index in [0.29, 0.717) is 0 Å². The Labute approximate surface area is 441 Å². The fourth-order valence-electron chi connectivity index (χ4n) is 12.9. The largest absolute Gasteiger partial charge is 0.311 e. The van der Waals surface area contributed by atoms with Gasteiger partial charge in [-0.15, -0.1) is 0 Å². The van der Waals surface area contributed by atoms with Crippen molar-refractivity contribution in [2.24, 2.45) is 0 Å². The van der Waals surface area contributed by atoms with E-state index in [1.807, 2.05) is 0 Å². The molecule has 9 aromatic carbocycles. The molecular weight excluding hydrogens is 894 g/mol. The van der Waals surface area contributed by atoms with Crippen molar-refractivity contribution < 1.29 is 0 Å². The molecule has 12 rings (SSSR count). The number of nitrogens with zero attached hydrogens (tertiary/aromatic N) is 3. The molecule has 2 aliphatic heterocycles. The molecule has 0 aromatic heterocycles. The Balaban J connectivity index is 1.22. The minimum absolute atomic E-state index is 0.0120. The number of anilines is 9. The van der Waals surface area contributed by atoms with E-state index < -0.39 is 0 Å². The van der Waals surface area contributed by atoms with Crippen LogP contribution in [0.5, 0.6) is 0 Å². The first-order chi connectivity index (χ1) is 35.4. The van der Waals surface area contributed by atoms with Crippen LogP contribution in [0, 0.1) is 6.92 Å². The van der Waals surface area contributed by atoms with E-state index in [1.54, 1.807) is 0 Å². The number of fused-ring (bicyclic) bond motifs is 5. The third-order valence-corrected chi connectivity index (χ3v) is 16.4. The number of hydrogen-bond acceptors (Lipinski definition) is 3. The van der Waals surface area contributed by atoms with Gasteiger partial charge in [0.2, 0.25) is 0 Å². The Hall–Kier alpha value is -7.56. The second kappa shape index (κ2) is 17.3. The molecule has 0 fully saturated rings. The van der Waals surface area contributed by atoms with Gasteiger partial charge in [-0.1, -0.05) is 184 Å². The summed E-state index contributed by atoms with van der Waals surface area (Å²) < 4.78 is 0. The standard InChI is InChI=1S/C70H68BN3/c1-46-38-49(47-24-16-12-17-25-47)32-35-60(46)73-62-37-34-54(72(52-28-20-14-21-29-52)53-30-22-15-23-31-53)42-58(62)71-59-43-56-57(70(10,11)45-69(56,8)9)44-63(59)74(65-41-51(68(5,6)7)40-64(73)66(65)71)61-36-33-50(67(2,3)4)39-55(61)48-26-18-13-19-27-48/h12-44H,45H2,1-11H3. The third kappa shape index (κ3) is 7.88. The van der Waals surface area contributed by atoms with Gasteiger partial charge in [-0.3, -0.25) is 0 Å². The lowest BCUT2D eigenvalue weighted by molar-refractivity contribution is 0.403. The lowest BCUT2D eigenvalue weighted by atomic mass is 9.33. The van der Waals surface area contributed by atoms with Crippen LogP contribution >= 0.6 is 0 Å². The van der Waals surface area contributed by atoms with E-state index in [2.05, 4.69) is 291 Å². The molecule has 74 heavy (non-hydrogen) atoms. The quantitative estimate of drug-likeness (QED) is 0.147. The summed E-state index contributed by atoms with van der Waals surface area (Å²) in [4.78, 5) is 7.74. The highest BCUT2D eigenvalue weighted by atomic mass is 15.2. The van der Waals surface area contributed by atoms with E-state index in [1.165, 1.54) is 101 Å². The molecule has 0 spiro atoms. The van der Waals surface area contributed by atoms with Crippen molar-refractivity contribution in [3.8, 4) is 22.3 Å². The van der Waals surface area contributed by atoms with Crippen molar-refractivity contribution in [2.75, 3.05) is 14.7 Å². The second-order valence-electron chi connectivity index (χ2n) is 24.6. The monoisotopic (exact) mass is 962 g/mol. The van der Waals surface area contributed by atoms with Crippen LogP contribution in [0.3, 0.4) is 0 Å². The smallest absolute Gasteiger partial charge is 0.252 e. The highest BCUT2D eigenvalue weighted by Crippen LogP contribution is 2.54. The van der Waals surface area contributed by atoms with Crippen LogP contribution in [0.1, 0.15) is 103 Å². The molecule has 0 saturated heterocycles. The normalized spacial score (nSPS) is 15.0. The molecule has 3 aliphatic rings. The maximum absolute atomic E-state index is 2.69. The van der Waals surface area contributed by atoms with Gasteiger partial charge >= 0.3 is 0 Å². The van der Waals surface area contributed by atoms with Gasteiger partial charge in [-0.25, -0.2) is 0 Å². The molecule has 1 aliphatic carbocycles. The van der Waals surface area contributed by atoms with Gasteiger partial charge < -0.3 is 14.7 Å². The molecule has 0 saturated carbocycles. The van der Waals surface area contributed by atoms with Gasteiger partial charge in [0.25, 0.3) is 6.71 Å². The van der Waals surface area contributed by atoms with Crippen molar-refractivity contribution in [1.29, 1.82) is 0 Å². The SMILES string of the molecule is Cc1cc(-c2ccccc2)ccc1N1c2ccc(N(c3ccccc3)c3ccccc3)cc2B2c3cc4c(cc3N(c3ccc(C(C)(C)C)cc3-c3ccccc3)c3cc(C(C)(C)C)cc1c32)C(C)(C)CC4(C)C. The Bertz CT molecular complexity index is 3580. The first kappa shape index (κ1) is 47.4. The summed E-state index contributed by atoms with van der Waals surface area (Å²) in [5.74, 6) is 0. The predicted molar refractivity (Wildman–Crippen MR) is 319 cm³/mol. The topological polar surface area (TPSA) is 9.72 Å². The van der Waals surface area contributed by atoms with Crippen LogP contribution in [-0.2, 0) is 21.7 Å². The van der Waals surface area contributed by atoms with Crippen molar-refractivity contribution >= 4 is 74.3 Å². The number of rotatable bonds is 7. The molecule has 0 N–H and O–H groups in total. The molecule has 0 amide bonds. The summed E-state index contributed by atoms with van der Waals surface area (Å²) in [5.41, 5.74) is 26.1. The summed E-state index contributed by atoms with van der Waals surface area (Å²) in [6, 6.07) is 75.7. The molecule has 0 bridgehead atoms. The first-order valence-corrected chi connectivity index (χ1v) is 26.8. The average Bonchev–Trinajstić information content (AvgIpc) is 3.57.